The summed E-state index contributed by atoms with van der Waals surface area (Å²) >= 11 is 0. The summed E-state index contributed by atoms with van der Waals surface area (Å²) in [6, 6.07) is 1.18. The smallest absolute Gasteiger partial charge is 0.287 e. The molecule has 0 radical (unpaired) electrons. The van der Waals surface area contributed by atoms with Crippen molar-refractivity contribution in [3.05, 3.63) is 28.1 Å². The number of hydrogen-bond acceptors (Lipinski definition) is 5. The lowest BCUT2D eigenvalue weighted by Crippen LogP contribution is -2.52. The van der Waals surface area contributed by atoms with E-state index in [0.29, 0.717) is 13.0 Å². The van der Waals surface area contributed by atoms with Crippen LogP contribution < -0.4 is 5.32 Å². The molecule has 8 heteroatoms. The van der Waals surface area contributed by atoms with Crippen molar-refractivity contribution in [2.45, 2.75) is 32.4 Å². The second-order valence-electron chi connectivity index (χ2n) is 4.87. The topological polar surface area (TPSA) is 118 Å². The van der Waals surface area contributed by atoms with Gasteiger partial charge in [-0.15, -0.1) is 0 Å². The molecular weight excluding hydrogens is 266 g/mol. The maximum absolute atomic E-state index is 12.1. The number of nitrogens with one attached hydrogen (secondary N) is 1. The third-order valence-electron chi connectivity index (χ3n) is 2.90. The van der Waals surface area contributed by atoms with Crippen molar-refractivity contribution in [1.82, 2.24) is 9.88 Å². The highest BCUT2D eigenvalue weighted by molar-refractivity contribution is 5.94. The Labute approximate surface area is 116 Å². The first-order valence-electron chi connectivity index (χ1n) is 6.25. The molecule has 0 spiro atoms. The first-order chi connectivity index (χ1) is 9.36. The third kappa shape index (κ3) is 3.55. The van der Waals surface area contributed by atoms with Gasteiger partial charge in [-0.2, -0.15) is 0 Å². The van der Waals surface area contributed by atoms with Gasteiger partial charge in [0.05, 0.1) is 29.9 Å². The van der Waals surface area contributed by atoms with Crippen LogP contribution in [0.5, 0.6) is 0 Å². The first kappa shape index (κ1) is 16.1. The summed E-state index contributed by atoms with van der Waals surface area (Å²) in [5.41, 5.74) is -1.21. The summed E-state index contributed by atoms with van der Waals surface area (Å²) in [6.07, 6.45) is 2.01. The van der Waals surface area contributed by atoms with E-state index >= 15 is 0 Å². The molecular formula is C12H19N3O5. The Morgan fingerprint density at radius 2 is 2.10 bits per heavy atom. The lowest BCUT2D eigenvalue weighted by Gasteiger charge is -2.26. The Balaban J connectivity index is 3.04. The van der Waals surface area contributed by atoms with Crippen LogP contribution in [0, 0.1) is 10.1 Å². The summed E-state index contributed by atoms with van der Waals surface area (Å²) in [5.74, 6) is -0.572. The molecule has 0 saturated heterocycles. The summed E-state index contributed by atoms with van der Waals surface area (Å²) in [4.78, 5) is 22.3. The highest BCUT2D eigenvalue weighted by atomic mass is 16.6. The molecule has 8 nitrogen and oxygen atoms in total. The van der Waals surface area contributed by atoms with Crippen molar-refractivity contribution in [2.75, 3.05) is 13.2 Å². The highest BCUT2D eigenvalue weighted by Crippen LogP contribution is 2.18. The van der Waals surface area contributed by atoms with E-state index in [4.69, 9.17) is 10.2 Å². The molecule has 1 aromatic rings. The minimum Gasteiger partial charge on any atom is -0.394 e. The van der Waals surface area contributed by atoms with Crippen molar-refractivity contribution < 1.29 is 19.9 Å². The van der Waals surface area contributed by atoms with Crippen LogP contribution in [0.2, 0.25) is 0 Å². The first-order valence-corrected chi connectivity index (χ1v) is 6.25. The zero-order valence-corrected chi connectivity index (χ0v) is 11.5. The minimum absolute atomic E-state index is 0.131. The van der Waals surface area contributed by atoms with E-state index < -0.39 is 29.6 Å². The lowest BCUT2D eigenvalue weighted by atomic mass is 10.1. The van der Waals surface area contributed by atoms with E-state index in [0.717, 1.165) is 0 Å². The number of aromatic nitrogens is 1. The number of carbonyl (C=O) groups excluding carboxylic acids is 1. The fourth-order valence-corrected chi connectivity index (χ4v) is 1.68. The largest absolute Gasteiger partial charge is 0.394 e. The van der Waals surface area contributed by atoms with Crippen molar-refractivity contribution in [3.63, 3.8) is 0 Å². The molecule has 1 aromatic heterocycles. The quantitative estimate of drug-likeness (QED) is 0.491. The number of carbonyl (C=O) groups is 1. The normalized spacial score (nSPS) is 11.4. The number of amides is 1. The average Bonchev–Trinajstić information content (AvgIpc) is 2.83. The zero-order chi connectivity index (χ0) is 15.3. The standard InChI is InChI=1S/C12H19N3O5/c1-3-4-14-6-9(15(19)20)5-10(14)11(18)13-12(2,7-16)8-17/h5-6,16-17H,3-4,7-8H2,1-2H3,(H,13,18). The second-order valence-corrected chi connectivity index (χ2v) is 4.87. The van der Waals surface area contributed by atoms with Crippen molar-refractivity contribution in [1.29, 1.82) is 0 Å². The molecule has 0 aliphatic heterocycles. The summed E-state index contributed by atoms with van der Waals surface area (Å²) in [5, 5.41) is 31.6. The molecule has 0 aliphatic carbocycles. The minimum atomic E-state index is -1.17. The van der Waals surface area contributed by atoms with Crippen LogP contribution >= 0.6 is 0 Å². The number of aliphatic hydroxyl groups excluding tert-OH is 2. The molecule has 0 atom stereocenters. The monoisotopic (exact) mass is 285 g/mol. The Kier molecular flexibility index (Phi) is 5.23. The van der Waals surface area contributed by atoms with Gasteiger partial charge in [0.15, 0.2) is 0 Å². The van der Waals surface area contributed by atoms with Gasteiger partial charge in [0.2, 0.25) is 0 Å². The highest BCUT2D eigenvalue weighted by Gasteiger charge is 2.27. The van der Waals surface area contributed by atoms with Crippen LogP contribution in [0.3, 0.4) is 0 Å². The Hall–Kier alpha value is -1.93. The van der Waals surface area contributed by atoms with E-state index in [1.807, 2.05) is 6.92 Å². The molecule has 0 unspecified atom stereocenters. The Morgan fingerprint density at radius 1 is 1.50 bits per heavy atom. The zero-order valence-electron chi connectivity index (χ0n) is 11.5. The fraction of sp³-hybridized carbons (Fsp3) is 0.583. The summed E-state index contributed by atoms with van der Waals surface area (Å²) < 4.78 is 1.49. The molecule has 1 rings (SSSR count). The SMILES string of the molecule is CCCn1cc([N+](=O)[O-])cc1C(=O)NC(C)(CO)CO. The second kappa shape index (κ2) is 6.49. The molecule has 0 saturated carbocycles. The van der Waals surface area contributed by atoms with Crippen LogP contribution in [0.4, 0.5) is 5.69 Å². The van der Waals surface area contributed by atoms with Crippen LogP contribution in [0.15, 0.2) is 12.3 Å². The van der Waals surface area contributed by atoms with Gasteiger partial charge in [0, 0.05) is 12.6 Å². The van der Waals surface area contributed by atoms with Crippen LogP contribution in [-0.4, -0.2) is 44.4 Å². The molecule has 0 fully saturated rings. The van der Waals surface area contributed by atoms with Crippen LogP contribution in [-0.2, 0) is 6.54 Å². The van der Waals surface area contributed by atoms with Gasteiger partial charge in [-0.05, 0) is 13.3 Å². The molecule has 1 amide bonds. The van der Waals surface area contributed by atoms with Gasteiger partial charge in [0.1, 0.15) is 5.69 Å². The van der Waals surface area contributed by atoms with Gasteiger partial charge in [-0.3, -0.25) is 14.9 Å². The maximum Gasteiger partial charge on any atom is 0.287 e. The van der Waals surface area contributed by atoms with Crippen LogP contribution in [0.25, 0.3) is 0 Å². The Bertz CT molecular complexity index is 493. The van der Waals surface area contributed by atoms with Gasteiger partial charge in [-0.25, -0.2) is 0 Å². The predicted molar refractivity (Wildman–Crippen MR) is 71.4 cm³/mol. The van der Waals surface area contributed by atoms with E-state index in [9.17, 15) is 14.9 Å². The van der Waals surface area contributed by atoms with Crippen molar-refractivity contribution in [3.8, 4) is 0 Å². The van der Waals surface area contributed by atoms with E-state index in [1.54, 1.807) is 0 Å². The molecule has 0 aliphatic rings. The molecule has 3 N–H and O–H groups in total. The van der Waals surface area contributed by atoms with E-state index in [2.05, 4.69) is 5.32 Å². The number of aryl methyl sites for hydroxylation is 1. The maximum atomic E-state index is 12.1. The number of aliphatic hydroxyl groups is 2. The molecule has 112 valence electrons. The summed E-state index contributed by atoms with van der Waals surface area (Å²) in [7, 11) is 0. The van der Waals surface area contributed by atoms with E-state index in [-0.39, 0.29) is 11.4 Å². The van der Waals surface area contributed by atoms with Gasteiger partial charge in [0.25, 0.3) is 11.6 Å². The third-order valence-corrected chi connectivity index (χ3v) is 2.90. The van der Waals surface area contributed by atoms with Crippen LogP contribution in [0.1, 0.15) is 30.8 Å². The Morgan fingerprint density at radius 3 is 2.55 bits per heavy atom. The van der Waals surface area contributed by atoms with Gasteiger partial charge in [-0.1, -0.05) is 6.92 Å². The van der Waals surface area contributed by atoms with E-state index in [1.165, 1.54) is 23.8 Å². The lowest BCUT2D eigenvalue weighted by molar-refractivity contribution is -0.384. The summed E-state index contributed by atoms with van der Waals surface area (Å²) in [6.45, 7) is 2.95. The number of nitro groups is 1. The number of nitrogens with zero attached hydrogens (tertiary/aromatic N) is 2. The fourth-order valence-electron chi connectivity index (χ4n) is 1.68. The van der Waals surface area contributed by atoms with Crippen molar-refractivity contribution in [2.24, 2.45) is 0 Å². The van der Waals surface area contributed by atoms with Gasteiger partial charge >= 0.3 is 0 Å². The number of hydrogen-bond donors (Lipinski definition) is 3. The van der Waals surface area contributed by atoms with Gasteiger partial charge < -0.3 is 20.1 Å². The molecule has 0 aromatic carbocycles. The van der Waals surface area contributed by atoms with Crippen molar-refractivity contribution >= 4 is 11.6 Å². The average molecular weight is 285 g/mol. The predicted octanol–water partition coefficient (Wildman–Crippen LogP) is 0.279. The molecule has 1 heterocycles. The molecule has 0 bridgehead atoms. The molecule has 20 heavy (non-hydrogen) atoms. The number of rotatable bonds is 7.